The molecule has 0 N–H and O–H groups in total. The van der Waals surface area contributed by atoms with Crippen LogP contribution >= 0.6 is 45.3 Å². The summed E-state index contributed by atoms with van der Waals surface area (Å²) in [7, 11) is 0. The summed E-state index contributed by atoms with van der Waals surface area (Å²) in [4.78, 5) is 19.5. The summed E-state index contributed by atoms with van der Waals surface area (Å²) in [6.07, 6.45) is 13.3. The Balaban J connectivity index is 1.12. The number of benzene rings is 1. The second-order valence-electron chi connectivity index (χ2n) is 11.5. The van der Waals surface area contributed by atoms with E-state index < -0.39 is 5.60 Å². The lowest BCUT2D eigenvalue weighted by Crippen LogP contribution is -2.43. The average Bonchev–Trinajstić information content (AvgIpc) is 3.87. The van der Waals surface area contributed by atoms with Gasteiger partial charge in [-0.25, -0.2) is 0 Å². The van der Waals surface area contributed by atoms with Crippen molar-refractivity contribution in [1.82, 2.24) is 0 Å². The van der Waals surface area contributed by atoms with Gasteiger partial charge in [0, 0.05) is 42.1 Å². The minimum atomic E-state index is -0.485. The molecule has 44 heavy (non-hydrogen) atoms. The first kappa shape index (κ1) is 28.0. The van der Waals surface area contributed by atoms with Crippen LogP contribution in [0.5, 0.6) is 5.75 Å². The first-order valence-electron chi connectivity index (χ1n) is 15.0. The molecule has 2 aliphatic carbocycles. The number of rotatable bonds is 6. The molecule has 3 aliphatic rings. The van der Waals surface area contributed by atoms with Crippen LogP contribution in [0.25, 0.3) is 31.2 Å². The van der Waals surface area contributed by atoms with Gasteiger partial charge in [-0.1, -0.05) is 30.4 Å². The van der Waals surface area contributed by atoms with Crippen molar-refractivity contribution in [3.05, 3.63) is 122 Å². The number of ether oxygens (including phenoxy) is 2. The lowest BCUT2D eigenvalue weighted by atomic mass is 9.74. The predicted octanol–water partition coefficient (Wildman–Crippen LogP) is 11.0. The summed E-state index contributed by atoms with van der Waals surface area (Å²) in [6.45, 7) is 1.45. The van der Waals surface area contributed by atoms with Crippen molar-refractivity contribution in [2.75, 3.05) is 0 Å². The second kappa shape index (κ2) is 11.5. The molecule has 0 bridgehead atoms. The fourth-order valence-corrected chi connectivity index (χ4v) is 10.7. The van der Waals surface area contributed by atoms with Crippen molar-refractivity contribution in [3.8, 4) is 25.3 Å². The predicted molar refractivity (Wildman–Crippen MR) is 186 cm³/mol. The van der Waals surface area contributed by atoms with Crippen LogP contribution in [-0.4, -0.2) is 5.97 Å². The van der Waals surface area contributed by atoms with Crippen LogP contribution in [-0.2, 0) is 28.0 Å². The monoisotopic (exact) mass is 650 g/mol. The zero-order valence-corrected chi connectivity index (χ0v) is 27.5. The third-order valence-electron chi connectivity index (χ3n) is 8.84. The first-order chi connectivity index (χ1) is 21.6. The average molecular weight is 651 g/mol. The zero-order valence-electron chi connectivity index (χ0n) is 24.2. The van der Waals surface area contributed by atoms with E-state index in [1.54, 1.807) is 22.7 Å². The van der Waals surface area contributed by atoms with Gasteiger partial charge in [-0.05, 0) is 120 Å². The highest BCUT2D eigenvalue weighted by molar-refractivity contribution is 7.22. The highest BCUT2D eigenvalue weighted by Gasteiger charge is 2.46. The zero-order chi connectivity index (χ0) is 29.7. The molecule has 5 heterocycles. The highest BCUT2D eigenvalue weighted by Crippen LogP contribution is 2.52. The van der Waals surface area contributed by atoms with Crippen molar-refractivity contribution in [3.63, 3.8) is 0 Å². The Hall–Kier alpha value is -3.49. The number of thiophene rings is 4. The molecule has 0 radical (unpaired) electrons. The summed E-state index contributed by atoms with van der Waals surface area (Å²) >= 11 is 7.31. The van der Waals surface area contributed by atoms with E-state index in [4.69, 9.17) is 9.47 Å². The van der Waals surface area contributed by atoms with Gasteiger partial charge in [-0.3, -0.25) is 4.79 Å². The van der Waals surface area contributed by atoms with Gasteiger partial charge < -0.3 is 9.47 Å². The van der Waals surface area contributed by atoms with Crippen LogP contribution in [0.4, 0.5) is 0 Å². The Morgan fingerprint density at radius 3 is 2.34 bits per heavy atom. The lowest BCUT2D eigenvalue weighted by molar-refractivity contribution is -0.136. The van der Waals surface area contributed by atoms with E-state index in [1.807, 2.05) is 34.8 Å². The molecular formula is C37H30O3S4. The molecule has 1 aliphatic heterocycles. The number of carbonyl (C=O) groups excluding carboxylic acids is 1. The number of fused-ring (bicyclic) bond motifs is 3. The van der Waals surface area contributed by atoms with E-state index in [-0.39, 0.29) is 11.9 Å². The molecule has 0 amide bonds. The molecule has 2 atom stereocenters. The Bertz CT molecular complexity index is 1930. The quantitative estimate of drug-likeness (QED) is 0.172. The van der Waals surface area contributed by atoms with E-state index in [2.05, 4.69) is 83.6 Å². The van der Waals surface area contributed by atoms with Gasteiger partial charge in [0.15, 0.2) is 0 Å². The van der Waals surface area contributed by atoms with Gasteiger partial charge in [-0.15, -0.1) is 45.3 Å². The van der Waals surface area contributed by atoms with Crippen molar-refractivity contribution in [2.45, 2.75) is 44.6 Å². The Labute approximate surface area is 273 Å². The minimum absolute atomic E-state index is 0.128. The fourth-order valence-electron chi connectivity index (χ4n) is 6.75. The number of hydrogen-bond donors (Lipinski definition) is 0. The van der Waals surface area contributed by atoms with Gasteiger partial charge in [0.1, 0.15) is 17.1 Å². The van der Waals surface area contributed by atoms with E-state index in [1.165, 1.54) is 58.5 Å². The van der Waals surface area contributed by atoms with E-state index in [0.29, 0.717) is 5.76 Å². The normalized spacial score (nSPS) is 20.7. The second-order valence-corrected chi connectivity index (χ2v) is 15.5. The van der Waals surface area contributed by atoms with Gasteiger partial charge in [-0.2, -0.15) is 0 Å². The standard InChI is InChI=1S/C37H30O3S4/c1-23(38)39-27-10-8-26(9-11-27)37(36-17-16-35(44-36)33-5-3-21-42-33)19-18-29-28-12-6-25(22-24(28)7-13-30(29)40-37)31-14-15-34(43-31)32-4-2-20-41-32/h2-5,7-8,10-11,13-17,20-22,26H,6,9,12,18-19H2,1H3. The summed E-state index contributed by atoms with van der Waals surface area (Å²) < 4.78 is 12.6. The van der Waals surface area contributed by atoms with Crippen molar-refractivity contribution in [2.24, 2.45) is 5.92 Å². The van der Waals surface area contributed by atoms with Crippen molar-refractivity contribution >= 4 is 63.0 Å². The molecule has 220 valence electrons. The molecule has 5 aromatic rings. The van der Waals surface area contributed by atoms with Crippen LogP contribution in [0, 0.1) is 5.92 Å². The van der Waals surface area contributed by atoms with Crippen molar-refractivity contribution < 1.29 is 14.3 Å². The van der Waals surface area contributed by atoms with Crippen LogP contribution < -0.4 is 4.74 Å². The summed E-state index contributed by atoms with van der Waals surface area (Å²) in [5.74, 6) is 1.47. The number of hydrogen-bond acceptors (Lipinski definition) is 7. The molecule has 0 saturated carbocycles. The van der Waals surface area contributed by atoms with Crippen LogP contribution in [0.3, 0.4) is 0 Å². The van der Waals surface area contributed by atoms with Gasteiger partial charge >= 0.3 is 5.97 Å². The number of allylic oxidation sites excluding steroid dienone is 3. The maximum atomic E-state index is 11.6. The maximum Gasteiger partial charge on any atom is 0.308 e. The number of carbonyl (C=O) groups is 1. The highest BCUT2D eigenvalue weighted by atomic mass is 32.1. The molecule has 3 nitrogen and oxygen atoms in total. The molecule has 4 aromatic heterocycles. The summed E-state index contributed by atoms with van der Waals surface area (Å²) in [6, 6.07) is 22.1. The van der Waals surface area contributed by atoms with E-state index in [0.717, 1.165) is 37.9 Å². The van der Waals surface area contributed by atoms with E-state index in [9.17, 15) is 4.79 Å². The number of esters is 1. The SMILES string of the molecule is CC(=O)OC1=CCC(C2(c3ccc(-c4cccs4)s3)CCc3c(ccc4c3CCC(c3ccc(-c5cccs5)s3)=C4)O2)C=C1. The third kappa shape index (κ3) is 5.06. The van der Waals surface area contributed by atoms with E-state index >= 15 is 0 Å². The fraction of sp³-hybridized carbons (Fsp3) is 0.216. The topological polar surface area (TPSA) is 35.5 Å². The van der Waals surface area contributed by atoms with Gasteiger partial charge in [0.2, 0.25) is 0 Å². The molecular weight excluding hydrogens is 621 g/mol. The Kier molecular flexibility index (Phi) is 7.30. The summed E-state index contributed by atoms with van der Waals surface area (Å²) in [5.41, 5.74) is 5.08. The molecule has 8 rings (SSSR count). The third-order valence-corrected chi connectivity index (χ3v) is 13.4. The van der Waals surface area contributed by atoms with Gasteiger partial charge in [0.25, 0.3) is 0 Å². The van der Waals surface area contributed by atoms with Crippen molar-refractivity contribution in [1.29, 1.82) is 0 Å². The van der Waals surface area contributed by atoms with Crippen LogP contribution in [0.2, 0.25) is 0 Å². The Morgan fingerprint density at radius 2 is 1.61 bits per heavy atom. The Morgan fingerprint density at radius 1 is 0.841 bits per heavy atom. The molecule has 0 fully saturated rings. The minimum Gasteiger partial charge on any atom is -0.481 e. The molecule has 2 unspecified atom stereocenters. The largest absolute Gasteiger partial charge is 0.481 e. The molecule has 0 saturated heterocycles. The lowest BCUT2D eigenvalue weighted by Gasteiger charge is -2.44. The van der Waals surface area contributed by atoms with Gasteiger partial charge in [0.05, 0.1) is 0 Å². The van der Waals surface area contributed by atoms with Crippen LogP contribution in [0.1, 0.15) is 52.6 Å². The van der Waals surface area contributed by atoms with Crippen LogP contribution in [0.15, 0.2) is 95.4 Å². The molecule has 7 heteroatoms. The molecule has 0 spiro atoms. The smallest absolute Gasteiger partial charge is 0.308 e. The molecule has 1 aromatic carbocycles. The first-order valence-corrected chi connectivity index (χ1v) is 18.3. The summed E-state index contributed by atoms with van der Waals surface area (Å²) in [5, 5.41) is 4.28. The maximum absolute atomic E-state index is 11.6.